The summed E-state index contributed by atoms with van der Waals surface area (Å²) in [4.78, 5) is 11.0. The van der Waals surface area contributed by atoms with Crippen LogP contribution >= 0.6 is 0 Å². The van der Waals surface area contributed by atoms with E-state index in [0.717, 1.165) is 19.3 Å². The highest BCUT2D eigenvalue weighted by Crippen LogP contribution is 2.08. The molecule has 69 valence electrons. The summed E-state index contributed by atoms with van der Waals surface area (Å²) in [5.74, 6) is -0.296. The van der Waals surface area contributed by atoms with E-state index in [1.54, 1.807) is 6.92 Å². The van der Waals surface area contributed by atoms with E-state index in [4.69, 9.17) is 4.74 Å². The summed E-state index contributed by atoms with van der Waals surface area (Å²) in [5.41, 5.74) is 0.456. The van der Waals surface area contributed by atoms with Gasteiger partial charge in [0.15, 0.2) is 0 Å². The van der Waals surface area contributed by atoms with Gasteiger partial charge in [0, 0.05) is 5.57 Å². The lowest BCUT2D eigenvalue weighted by Crippen LogP contribution is -2.17. The van der Waals surface area contributed by atoms with Crippen LogP contribution in [0.3, 0.4) is 0 Å². The molecule has 0 saturated heterocycles. The van der Waals surface area contributed by atoms with E-state index in [1.165, 1.54) is 0 Å². The molecule has 0 aromatic heterocycles. The molecule has 1 unspecified atom stereocenters. The predicted molar refractivity (Wildman–Crippen MR) is 49.6 cm³/mol. The molecule has 0 rings (SSSR count). The molecule has 0 amide bonds. The van der Waals surface area contributed by atoms with Gasteiger partial charge in [-0.25, -0.2) is 4.79 Å². The molecule has 1 radical (unpaired) electrons. The first-order chi connectivity index (χ1) is 5.61. The fourth-order valence-corrected chi connectivity index (χ4v) is 0.826. The minimum Gasteiger partial charge on any atom is -0.459 e. The van der Waals surface area contributed by atoms with E-state index in [-0.39, 0.29) is 12.1 Å². The van der Waals surface area contributed by atoms with Gasteiger partial charge < -0.3 is 4.74 Å². The molecule has 2 nitrogen and oxygen atoms in total. The van der Waals surface area contributed by atoms with Crippen molar-refractivity contribution in [3.05, 3.63) is 19.1 Å². The monoisotopic (exact) mass is 169 g/mol. The second-order valence-corrected chi connectivity index (χ2v) is 2.86. The van der Waals surface area contributed by atoms with Crippen LogP contribution in [0.15, 0.2) is 12.2 Å². The lowest BCUT2D eigenvalue weighted by atomic mass is 10.1. The number of rotatable bonds is 5. The Kier molecular flexibility index (Phi) is 5.43. The average molecular weight is 169 g/mol. The number of hydrogen-bond acceptors (Lipinski definition) is 2. The fourth-order valence-electron chi connectivity index (χ4n) is 0.826. The Balaban J connectivity index is 3.85. The van der Waals surface area contributed by atoms with Crippen LogP contribution in [-0.2, 0) is 9.53 Å². The maximum Gasteiger partial charge on any atom is 0.333 e. The molecule has 0 saturated carbocycles. The second-order valence-electron chi connectivity index (χ2n) is 2.86. The zero-order chi connectivity index (χ0) is 9.56. The average Bonchev–Trinajstić information content (AvgIpc) is 2.03. The maximum absolute atomic E-state index is 11.0. The Bertz CT molecular complexity index is 161. The van der Waals surface area contributed by atoms with Gasteiger partial charge in [0.1, 0.15) is 6.10 Å². The van der Waals surface area contributed by atoms with Gasteiger partial charge in [-0.2, -0.15) is 0 Å². The molecule has 1 atom stereocenters. The minimum absolute atomic E-state index is 0.00620. The summed E-state index contributed by atoms with van der Waals surface area (Å²) < 4.78 is 5.12. The molecule has 2 heteroatoms. The van der Waals surface area contributed by atoms with Crippen LogP contribution in [0.1, 0.15) is 33.1 Å². The van der Waals surface area contributed by atoms with Crippen LogP contribution in [-0.4, -0.2) is 12.1 Å². The maximum atomic E-state index is 11.0. The van der Waals surface area contributed by atoms with E-state index in [0.29, 0.717) is 5.57 Å². The molecule has 0 fully saturated rings. The molecule has 0 aliphatic rings. The molecule has 0 aromatic carbocycles. The number of hydrogen-bond donors (Lipinski definition) is 0. The Morgan fingerprint density at radius 2 is 2.17 bits per heavy atom. The van der Waals surface area contributed by atoms with E-state index in [9.17, 15) is 4.79 Å². The minimum atomic E-state index is -0.296. The van der Waals surface area contributed by atoms with Crippen LogP contribution < -0.4 is 0 Å². The third-order valence-electron chi connectivity index (χ3n) is 1.60. The number of esters is 1. The summed E-state index contributed by atoms with van der Waals surface area (Å²) in [6, 6.07) is 0. The molecule has 0 N–H and O–H groups in total. The van der Waals surface area contributed by atoms with Crippen LogP contribution in [0.4, 0.5) is 0 Å². The normalized spacial score (nSPS) is 12.2. The first kappa shape index (κ1) is 11.2. The van der Waals surface area contributed by atoms with Crippen molar-refractivity contribution in [2.24, 2.45) is 0 Å². The van der Waals surface area contributed by atoms with Gasteiger partial charge in [-0.15, -0.1) is 0 Å². The lowest BCUT2D eigenvalue weighted by molar-refractivity contribution is -0.144. The number of carbonyl (C=O) groups excluding carboxylic acids is 1. The van der Waals surface area contributed by atoms with Crippen LogP contribution in [0.25, 0.3) is 0 Å². The Labute approximate surface area is 74.6 Å². The zero-order valence-corrected chi connectivity index (χ0v) is 7.93. The Hall–Kier alpha value is -0.790. The summed E-state index contributed by atoms with van der Waals surface area (Å²) in [6.07, 6.45) is 2.47. The first-order valence-electron chi connectivity index (χ1n) is 4.27. The van der Waals surface area contributed by atoms with Gasteiger partial charge in [0.2, 0.25) is 0 Å². The molecule has 0 heterocycles. The van der Waals surface area contributed by atoms with Crippen molar-refractivity contribution in [2.45, 2.75) is 39.2 Å². The quantitative estimate of drug-likeness (QED) is 0.467. The second kappa shape index (κ2) is 5.81. The van der Waals surface area contributed by atoms with E-state index < -0.39 is 0 Å². The fraction of sp³-hybridized carbons (Fsp3) is 0.600. The largest absolute Gasteiger partial charge is 0.459 e. The molecule has 0 aromatic rings. The summed E-state index contributed by atoms with van der Waals surface area (Å²) >= 11 is 0. The molecule has 0 aliphatic heterocycles. The van der Waals surface area contributed by atoms with Crippen molar-refractivity contribution >= 4 is 5.97 Å². The smallest absolute Gasteiger partial charge is 0.333 e. The van der Waals surface area contributed by atoms with Gasteiger partial charge >= 0.3 is 5.97 Å². The summed E-state index contributed by atoms with van der Waals surface area (Å²) in [7, 11) is 0. The summed E-state index contributed by atoms with van der Waals surface area (Å²) in [5, 5.41) is 0. The Morgan fingerprint density at radius 3 is 2.50 bits per heavy atom. The number of carbonyl (C=O) groups is 1. The predicted octanol–water partition coefficient (Wildman–Crippen LogP) is 2.50. The van der Waals surface area contributed by atoms with Crippen LogP contribution in [0, 0.1) is 6.92 Å². The van der Waals surface area contributed by atoms with Crippen LogP contribution in [0.2, 0.25) is 0 Å². The van der Waals surface area contributed by atoms with Crippen molar-refractivity contribution in [1.82, 2.24) is 0 Å². The highest BCUT2D eigenvalue weighted by atomic mass is 16.5. The first-order valence-corrected chi connectivity index (χ1v) is 4.27. The van der Waals surface area contributed by atoms with Crippen molar-refractivity contribution in [3.63, 3.8) is 0 Å². The van der Waals surface area contributed by atoms with Crippen molar-refractivity contribution in [2.75, 3.05) is 0 Å². The van der Waals surface area contributed by atoms with Gasteiger partial charge in [-0.3, -0.25) is 0 Å². The Morgan fingerprint density at radius 1 is 1.58 bits per heavy atom. The van der Waals surface area contributed by atoms with Crippen molar-refractivity contribution < 1.29 is 9.53 Å². The van der Waals surface area contributed by atoms with Gasteiger partial charge in [0.05, 0.1) is 0 Å². The zero-order valence-electron chi connectivity index (χ0n) is 7.93. The standard InChI is InChI=1S/C10H17O2/c1-5-7-9(6-2)12-10(11)8(3)4/h9H,1,3,5-7H2,2,4H3. The SMILES string of the molecule is [CH2]CCC(CC)OC(=O)C(=C)C. The lowest BCUT2D eigenvalue weighted by Gasteiger charge is -2.14. The van der Waals surface area contributed by atoms with E-state index in [2.05, 4.69) is 13.5 Å². The van der Waals surface area contributed by atoms with Crippen LogP contribution in [0.5, 0.6) is 0 Å². The molecular weight excluding hydrogens is 152 g/mol. The van der Waals surface area contributed by atoms with Gasteiger partial charge in [-0.05, 0) is 26.2 Å². The molecule has 0 aliphatic carbocycles. The highest BCUT2D eigenvalue weighted by Gasteiger charge is 2.11. The summed E-state index contributed by atoms with van der Waals surface area (Å²) in [6.45, 7) is 10.9. The van der Waals surface area contributed by atoms with Gasteiger partial charge in [-0.1, -0.05) is 20.4 Å². The molecule has 0 spiro atoms. The third kappa shape index (κ3) is 4.16. The molecule has 12 heavy (non-hydrogen) atoms. The van der Waals surface area contributed by atoms with E-state index >= 15 is 0 Å². The van der Waals surface area contributed by atoms with Crippen molar-refractivity contribution in [1.29, 1.82) is 0 Å². The number of ether oxygens (including phenoxy) is 1. The molecular formula is C10H17O2. The van der Waals surface area contributed by atoms with Gasteiger partial charge in [0.25, 0.3) is 0 Å². The topological polar surface area (TPSA) is 26.3 Å². The highest BCUT2D eigenvalue weighted by molar-refractivity contribution is 5.87. The third-order valence-corrected chi connectivity index (χ3v) is 1.60. The van der Waals surface area contributed by atoms with E-state index in [1.807, 2.05) is 6.92 Å². The molecule has 0 bridgehead atoms. The van der Waals surface area contributed by atoms with Crippen molar-refractivity contribution in [3.8, 4) is 0 Å².